The van der Waals surface area contributed by atoms with Gasteiger partial charge in [0, 0.05) is 32.4 Å². The topological polar surface area (TPSA) is 74.8 Å². The van der Waals surface area contributed by atoms with Crippen molar-refractivity contribution < 1.29 is 14.3 Å². The largest absolute Gasteiger partial charge is 0.495 e. The minimum absolute atomic E-state index is 0.0669. The number of aryl methyl sites for hydroxylation is 1. The monoisotopic (exact) mass is 354 g/mol. The number of carbonyl (C=O) groups excluding carboxylic acids is 2. The third kappa shape index (κ3) is 3.93. The summed E-state index contributed by atoms with van der Waals surface area (Å²) in [7, 11) is 1.62. The van der Waals surface area contributed by atoms with E-state index >= 15 is 0 Å². The molecule has 0 bridgehead atoms. The molecule has 2 heterocycles. The summed E-state index contributed by atoms with van der Waals surface area (Å²) in [6.07, 6.45) is 2.39. The summed E-state index contributed by atoms with van der Waals surface area (Å²) in [5, 5.41) is 3.22. The number of aromatic nitrogens is 1. The van der Waals surface area contributed by atoms with Crippen molar-refractivity contribution in [1.82, 2.24) is 14.8 Å². The number of anilines is 2. The van der Waals surface area contributed by atoms with E-state index in [-0.39, 0.29) is 5.91 Å². The average molecular weight is 354 g/mol. The summed E-state index contributed by atoms with van der Waals surface area (Å²) in [5.41, 5.74) is 2.46. The molecule has 7 nitrogen and oxygen atoms in total. The lowest BCUT2D eigenvalue weighted by atomic mass is 10.2. The SMILES string of the molecule is COc1ccc(C)cc1Nc1ccc(C(=O)N2CCN(C=O)CC2)cn1. The van der Waals surface area contributed by atoms with E-state index in [4.69, 9.17) is 4.74 Å². The molecule has 0 aliphatic carbocycles. The van der Waals surface area contributed by atoms with Crippen LogP contribution in [0, 0.1) is 6.92 Å². The third-order valence-corrected chi connectivity index (χ3v) is 4.38. The standard InChI is InChI=1S/C19H22N4O3/c1-14-3-5-17(26-2)16(11-14)21-18-6-4-15(12-20-18)19(25)23-9-7-22(13-24)8-10-23/h3-6,11-13H,7-10H2,1-2H3,(H,20,21). The molecule has 3 rings (SSSR count). The number of ether oxygens (including phenoxy) is 1. The van der Waals surface area contributed by atoms with Gasteiger partial charge >= 0.3 is 0 Å². The summed E-state index contributed by atoms with van der Waals surface area (Å²) >= 11 is 0. The number of hydrogen-bond donors (Lipinski definition) is 1. The molecule has 1 aromatic carbocycles. The number of nitrogens with zero attached hydrogens (tertiary/aromatic N) is 3. The Bertz CT molecular complexity index is 784. The first-order valence-corrected chi connectivity index (χ1v) is 8.47. The van der Waals surface area contributed by atoms with Gasteiger partial charge < -0.3 is 19.9 Å². The van der Waals surface area contributed by atoms with Crippen molar-refractivity contribution in [2.24, 2.45) is 0 Å². The first kappa shape index (κ1) is 17.7. The molecule has 1 aromatic heterocycles. The van der Waals surface area contributed by atoms with Crippen LogP contribution in [0.25, 0.3) is 0 Å². The number of nitrogens with one attached hydrogen (secondary N) is 1. The van der Waals surface area contributed by atoms with Gasteiger partial charge in [-0.05, 0) is 36.8 Å². The van der Waals surface area contributed by atoms with Gasteiger partial charge in [0.2, 0.25) is 6.41 Å². The third-order valence-electron chi connectivity index (χ3n) is 4.38. The highest BCUT2D eigenvalue weighted by atomic mass is 16.5. The maximum absolute atomic E-state index is 12.5. The molecule has 1 aliphatic heterocycles. The molecule has 2 aromatic rings. The fourth-order valence-corrected chi connectivity index (χ4v) is 2.86. The zero-order chi connectivity index (χ0) is 18.5. The molecular formula is C19H22N4O3. The molecule has 136 valence electrons. The van der Waals surface area contributed by atoms with Crippen LogP contribution < -0.4 is 10.1 Å². The highest BCUT2D eigenvalue weighted by Gasteiger charge is 2.21. The molecular weight excluding hydrogens is 332 g/mol. The lowest BCUT2D eigenvalue weighted by molar-refractivity contribution is -0.119. The van der Waals surface area contributed by atoms with Gasteiger partial charge in [0.05, 0.1) is 18.4 Å². The zero-order valence-corrected chi connectivity index (χ0v) is 14.9. The number of hydrogen-bond acceptors (Lipinski definition) is 5. The van der Waals surface area contributed by atoms with E-state index in [0.717, 1.165) is 23.4 Å². The van der Waals surface area contributed by atoms with Crippen molar-refractivity contribution in [3.8, 4) is 5.75 Å². The Hall–Kier alpha value is -3.09. The van der Waals surface area contributed by atoms with E-state index < -0.39 is 0 Å². The summed E-state index contributed by atoms with van der Waals surface area (Å²) in [6, 6.07) is 9.38. The van der Waals surface area contributed by atoms with Crippen molar-refractivity contribution in [3.05, 3.63) is 47.7 Å². The molecule has 1 saturated heterocycles. The van der Waals surface area contributed by atoms with E-state index in [0.29, 0.717) is 37.6 Å². The Morgan fingerprint density at radius 3 is 2.58 bits per heavy atom. The predicted molar refractivity (Wildman–Crippen MR) is 98.8 cm³/mol. The van der Waals surface area contributed by atoms with E-state index in [1.807, 2.05) is 25.1 Å². The Balaban J connectivity index is 1.68. The molecule has 1 fully saturated rings. The molecule has 0 radical (unpaired) electrons. The second-order valence-electron chi connectivity index (χ2n) is 6.19. The van der Waals surface area contributed by atoms with E-state index in [2.05, 4.69) is 10.3 Å². The van der Waals surface area contributed by atoms with Crippen molar-refractivity contribution in [3.63, 3.8) is 0 Å². The normalized spacial score (nSPS) is 14.1. The van der Waals surface area contributed by atoms with Gasteiger partial charge in [-0.15, -0.1) is 0 Å². The van der Waals surface area contributed by atoms with Gasteiger partial charge in [0.25, 0.3) is 5.91 Å². The molecule has 0 saturated carbocycles. The first-order valence-electron chi connectivity index (χ1n) is 8.47. The Kier molecular flexibility index (Phi) is 5.36. The van der Waals surface area contributed by atoms with Crippen LogP contribution >= 0.6 is 0 Å². The summed E-state index contributed by atoms with van der Waals surface area (Å²) in [4.78, 5) is 31.1. The number of carbonyl (C=O) groups is 2. The van der Waals surface area contributed by atoms with Crippen LogP contribution in [0.15, 0.2) is 36.5 Å². The molecule has 26 heavy (non-hydrogen) atoms. The second-order valence-corrected chi connectivity index (χ2v) is 6.19. The summed E-state index contributed by atoms with van der Waals surface area (Å²) in [5.74, 6) is 1.30. The van der Waals surface area contributed by atoms with Gasteiger partial charge in [0.15, 0.2) is 0 Å². The van der Waals surface area contributed by atoms with Crippen LogP contribution in [0.3, 0.4) is 0 Å². The number of benzene rings is 1. The maximum Gasteiger partial charge on any atom is 0.255 e. The number of pyridine rings is 1. The molecule has 0 unspecified atom stereocenters. The van der Waals surface area contributed by atoms with Crippen LogP contribution in [0.1, 0.15) is 15.9 Å². The molecule has 1 N–H and O–H groups in total. The molecule has 0 atom stereocenters. The van der Waals surface area contributed by atoms with Gasteiger partial charge in [-0.1, -0.05) is 6.07 Å². The molecule has 7 heteroatoms. The van der Waals surface area contributed by atoms with Crippen LogP contribution in [0.5, 0.6) is 5.75 Å². The lowest BCUT2D eigenvalue weighted by Gasteiger charge is -2.32. The van der Waals surface area contributed by atoms with Crippen molar-refractivity contribution in [2.75, 3.05) is 38.6 Å². The van der Waals surface area contributed by atoms with Crippen molar-refractivity contribution in [1.29, 1.82) is 0 Å². The fraction of sp³-hybridized carbons (Fsp3) is 0.316. The van der Waals surface area contributed by atoms with E-state index in [9.17, 15) is 9.59 Å². The lowest BCUT2D eigenvalue weighted by Crippen LogP contribution is -2.48. The predicted octanol–water partition coefficient (Wildman–Crippen LogP) is 2.06. The van der Waals surface area contributed by atoms with Gasteiger partial charge in [0.1, 0.15) is 11.6 Å². The summed E-state index contributed by atoms with van der Waals surface area (Å²) in [6.45, 7) is 4.21. The average Bonchev–Trinajstić information content (AvgIpc) is 2.68. The van der Waals surface area contributed by atoms with Crippen molar-refractivity contribution in [2.45, 2.75) is 6.92 Å². The number of piperazine rings is 1. The minimum atomic E-state index is -0.0669. The van der Waals surface area contributed by atoms with Crippen molar-refractivity contribution >= 4 is 23.8 Å². The number of amides is 2. The van der Waals surface area contributed by atoms with Gasteiger partial charge in [-0.3, -0.25) is 9.59 Å². The quantitative estimate of drug-likeness (QED) is 0.832. The van der Waals surface area contributed by atoms with Crippen LogP contribution in [0.4, 0.5) is 11.5 Å². The number of methoxy groups -OCH3 is 1. The van der Waals surface area contributed by atoms with Gasteiger partial charge in [-0.25, -0.2) is 4.98 Å². The smallest absolute Gasteiger partial charge is 0.255 e. The first-order chi connectivity index (χ1) is 12.6. The Morgan fingerprint density at radius 1 is 1.19 bits per heavy atom. The Labute approximate surface area is 152 Å². The highest BCUT2D eigenvalue weighted by molar-refractivity contribution is 5.94. The van der Waals surface area contributed by atoms with Gasteiger partial charge in [-0.2, -0.15) is 0 Å². The highest BCUT2D eigenvalue weighted by Crippen LogP contribution is 2.27. The van der Waals surface area contributed by atoms with E-state index in [1.54, 1.807) is 35.2 Å². The zero-order valence-electron chi connectivity index (χ0n) is 14.9. The summed E-state index contributed by atoms with van der Waals surface area (Å²) < 4.78 is 5.35. The molecule has 0 spiro atoms. The van der Waals surface area contributed by atoms with Crippen LogP contribution in [-0.4, -0.2) is 60.4 Å². The van der Waals surface area contributed by atoms with Crippen LogP contribution in [-0.2, 0) is 4.79 Å². The maximum atomic E-state index is 12.5. The number of rotatable bonds is 5. The molecule has 2 amide bonds. The van der Waals surface area contributed by atoms with Crippen LogP contribution in [0.2, 0.25) is 0 Å². The fourth-order valence-electron chi connectivity index (χ4n) is 2.86. The minimum Gasteiger partial charge on any atom is -0.495 e. The molecule has 1 aliphatic rings. The second kappa shape index (κ2) is 7.86. The van der Waals surface area contributed by atoms with E-state index in [1.165, 1.54) is 0 Å². The Morgan fingerprint density at radius 2 is 1.96 bits per heavy atom.